The van der Waals surface area contributed by atoms with Gasteiger partial charge in [-0.3, -0.25) is 9.59 Å². The molecule has 0 bridgehead atoms. The van der Waals surface area contributed by atoms with E-state index in [-0.39, 0.29) is 24.0 Å². The molecule has 2 amide bonds. The number of carbonyl (C=O) groups is 2. The van der Waals surface area contributed by atoms with E-state index in [2.05, 4.69) is 0 Å². The molecular weight excluding hydrogens is 296 g/mol. The molecule has 0 N–H and O–H groups in total. The minimum Gasteiger partial charge on any atom is -0.381 e. The van der Waals surface area contributed by atoms with Crippen LogP contribution in [0.4, 0.5) is 0 Å². The van der Waals surface area contributed by atoms with E-state index in [0.717, 1.165) is 45.7 Å². The standard InChI is InChI=1S/C17H24N2O4/c20-15(18-2-1-3-18)5-11-4-10-6-19(7-14(10)23-11)17(21)16-12-8-22-9-13(12)16/h10-14,16H,1-9H2/t10-,11-,12-,13+,14+,16?/m0/s1. The first-order chi connectivity index (χ1) is 11.2. The normalized spacial score (nSPS) is 44.0. The van der Waals surface area contributed by atoms with Crippen LogP contribution in [0.25, 0.3) is 0 Å². The first-order valence-corrected chi connectivity index (χ1v) is 9.00. The van der Waals surface area contributed by atoms with Gasteiger partial charge in [0, 0.05) is 38.0 Å². The van der Waals surface area contributed by atoms with Crippen LogP contribution in [0.15, 0.2) is 0 Å². The summed E-state index contributed by atoms with van der Waals surface area (Å²) in [6.45, 7) is 4.88. The molecule has 0 aromatic heterocycles. The molecule has 5 aliphatic rings. The molecule has 0 aromatic rings. The number of likely N-dealkylation sites (tertiary alicyclic amines) is 2. The fourth-order valence-corrected chi connectivity index (χ4v) is 4.88. The molecule has 1 saturated carbocycles. The average molecular weight is 320 g/mol. The quantitative estimate of drug-likeness (QED) is 0.741. The second-order valence-electron chi connectivity index (χ2n) is 7.86. The van der Waals surface area contributed by atoms with Crippen LogP contribution in [0.3, 0.4) is 0 Å². The summed E-state index contributed by atoms with van der Waals surface area (Å²) in [6.07, 6.45) is 2.78. The molecule has 0 radical (unpaired) electrons. The Morgan fingerprint density at radius 3 is 2.48 bits per heavy atom. The maximum atomic E-state index is 12.6. The van der Waals surface area contributed by atoms with Crippen LogP contribution in [0.1, 0.15) is 19.3 Å². The number of carbonyl (C=O) groups excluding carboxylic acids is 2. The third-order valence-electron chi connectivity index (χ3n) is 6.47. The topological polar surface area (TPSA) is 59.1 Å². The minimum atomic E-state index is 0.0593. The van der Waals surface area contributed by atoms with Crippen LogP contribution >= 0.6 is 0 Å². The zero-order valence-corrected chi connectivity index (χ0v) is 13.4. The second-order valence-corrected chi connectivity index (χ2v) is 7.86. The van der Waals surface area contributed by atoms with Crippen LogP contribution in [0.5, 0.6) is 0 Å². The van der Waals surface area contributed by atoms with E-state index in [4.69, 9.17) is 9.47 Å². The Balaban J connectivity index is 1.13. The number of rotatable bonds is 3. The van der Waals surface area contributed by atoms with Crippen LogP contribution < -0.4 is 0 Å². The minimum absolute atomic E-state index is 0.0593. The lowest BCUT2D eigenvalue weighted by atomic mass is 10.0. The van der Waals surface area contributed by atoms with Gasteiger partial charge in [0.15, 0.2) is 0 Å². The van der Waals surface area contributed by atoms with Crippen LogP contribution in [-0.2, 0) is 19.1 Å². The fourth-order valence-electron chi connectivity index (χ4n) is 4.88. The molecule has 6 atom stereocenters. The summed E-state index contributed by atoms with van der Waals surface area (Å²) in [5.41, 5.74) is 0. The third-order valence-corrected chi connectivity index (χ3v) is 6.47. The van der Waals surface area contributed by atoms with Gasteiger partial charge >= 0.3 is 0 Å². The monoisotopic (exact) mass is 320 g/mol. The highest BCUT2D eigenvalue weighted by Crippen LogP contribution is 2.52. The zero-order chi connectivity index (χ0) is 15.6. The zero-order valence-electron chi connectivity index (χ0n) is 13.4. The van der Waals surface area contributed by atoms with Gasteiger partial charge in [-0.15, -0.1) is 0 Å². The van der Waals surface area contributed by atoms with Gasteiger partial charge in [0.1, 0.15) is 0 Å². The van der Waals surface area contributed by atoms with E-state index in [1.165, 1.54) is 0 Å². The molecule has 4 aliphatic heterocycles. The van der Waals surface area contributed by atoms with E-state index in [1.807, 2.05) is 9.80 Å². The van der Waals surface area contributed by atoms with Crippen molar-refractivity contribution in [1.29, 1.82) is 0 Å². The largest absolute Gasteiger partial charge is 0.381 e. The molecule has 1 unspecified atom stereocenters. The molecule has 6 heteroatoms. The van der Waals surface area contributed by atoms with Gasteiger partial charge in [-0.25, -0.2) is 0 Å². The second kappa shape index (κ2) is 5.18. The third kappa shape index (κ3) is 2.30. The Morgan fingerprint density at radius 1 is 1.04 bits per heavy atom. The van der Waals surface area contributed by atoms with Gasteiger partial charge in [0.25, 0.3) is 0 Å². The molecule has 6 nitrogen and oxygen atoms in total. The lowest BCUT2D eigenvalue weighted by molar-refractivity contribution is -0.138. The summed E-state index contributed by atoms with van der Waals surface area (Å²) in [6, 6.07) is 0. The van der Waals surface area contributed by atoms with E-state index >= 15 is 0 Å². The highest BCUT2D eigenvalue weighted by molar-refractivity contribution is 5.83. The van der Waals surface area contributed by atoms with Crippen LogP contribution in [0.2, 0.25) is 0 Å². The van der Waals surface area contributed by atoms with Crippen molar-refractivity contribution in [2.75, 3.05) is 39.4 Å². The summed E-state index contributed by atoms with van der Waals surface area (Å²) in [5, 5.41) is 0. The predicted molar refractivity (Wildman–Crippen MR) is 80.5 cm³/mol. The summed E-state index contributed by atoms with van der Waals surface area (Å²) < 4.78 is 11.5. The van der Waals surface area contributed by atoms with Crippen molar-refractivity contribution in [3.05, 3.63) is 0 Å². The number of fused-ring (bicyclic) bond motifs is 2. The van der Waals surface area contributed by atoms with Crippen molar-refractivity contribution in [1.82, 2.24) is 9.80 Å². The molecular formula is C17H24N2O4. The molecule has 1 aliphatic carbocycles. The van der Waals surface area contributed by atoms with Gasteiger partial charge in [0.05, 0.1) is 31.8 Å². The Kier molecular flexibility index (Phi) is 3.20. The van der Waals surface area contributed by atoms with Crippen LogP contribution in [0, 0.1) is 23.7 Å². The molecule has 23 heavy (non-hydrogen) atoms. The fraction of sp³-hybridized carbons (Fsp3) is 0.882. The molecule has 5 fully saturated rings. The number of amides is 2. The van der Waals surface area contributed by atoms with Crippen molar-refractivity contribution in [3.63, 3.8) is 0 Å². The van der Waals surface area contributed by atoms with Crippen molar-refractivity contribution < 1.29 is 19.1 Å². The van der Waals surface area contributed by atoms with Gasteiger partial charge in [-0.2, -0.15) is 0 Å². The number of hydrogen-bond donors (Lipinski definition) is 0. The summed E-state index contributed by atoms with van der Waals surface area (Å²) in [4.78, 5) is 28.6. The Morgan fingerprint density at radius 2 is 1.83 bits per heavy atom. The Hall–Kier alpha value is -1.14. The molecule has 126 valence electrons. The Labute approximate surface area is 136 Å². The Bertz CT molecular complexity index is 511. The van der Waals surface area contributed by atoms with E-state index in [9.17, 15) is 9.59 Å². The number of hydrogen-bond acceptors (Lipinski definition) is 4. The maximum Gasteiger partial charge on any atom is 0.226 e. The van der Waals surface area contributed by atoms with Gasteiger partial charge < -0.3 is 19.3 Å². The van der Waals surface area contributed by atoms with Crippen molar-refractivity contribution in [3.8, 4) is 0 Å². The SMILES string of the molecule is O=C(C[C@@H]1C[C@H]2CN(C(=O)C3[C@H]4COC[C@@H]34)C[C@H]2O1)N1CCC1. The van der Waals surface area contributed by atoms with E-state index in [0.29, 0.717) is 36.6 Å². The summed E-state index contributed by atoms with van der Waals surface area (Å²) in [5.74, 6) is 2.14. The number of nitrogens with zero attached hydrogens (tertiary/aromatic N) is 2. The number of ether oxygens (including phenoxy) is 2. The average Bonchev–Trinajstić information content (AvgIpc) is 2.86. The van der Waals surface area contributed by atoms with Crippen molar-refractivity contribution >= 4 is 11.8 Å². The first kappa shape index (κ1) is 14.2. The molecule has 0 aromatic carbocycles. The lowest BCUT2D eigenvalue weighted by Gasteiger charge is -2.31. The summed E-state index contributed by atoms with van der Waals surface area (Å²) >= 11 is 0. The van der Waals surface area contributed by atoms with E-state index in [1.54, 1.807) is 0 Å². The van der Waals surface area contributed by atoms with Crippen LogP contribution in [-0.4, -0.2) is 73.2 Å². The van der Waals surface area contributed by atoms with E-state index < -0.39 is 0 Å². The van der Waals surface area contributed by atoms with Gasteiger partial charge in [-0.05, 0) is 24.7 Å². The molecule has 4 saturated heterocycles. The van der Waals surface area contributed by atoms with Crippen molar-refractivity contribution in [2.45, 2.75) is 31.5 Å². The maximum absolute atomic E-state index is 12.6. The molecule has 0 spiro atoms. The van der Waals surface area contributed by atoms with Crippen molar-refractivity contribution in [2.24, 2.45) is 23.7 Å². The molecule has 5 rings (SSSR count). The highest BCUT2D eigenvalue weighted by atomic mass is 16.5. The smallest absolute Gasteiger partial charge is 0.226 e. The van der Waals surface area contributed by atoms with Gasteiger partial charge in [-0.1, -0.05) is 0 Å². The van der Waals surface area contributed by atoms with Gasteiger partial charge in [0.2, 0.25) is 11.8 Å². The summed E-state index contributed by atoms with van der Waals surface area (Å²) in [7, 11) is 0. The first-order valence-electron chi connectivity index (χ1n) is 9.00. The predicted octanol–water partition coefficient (Wildman–Crippen LogP) is 0.117. The lowest BCUT2D eigenvalue weighted by Crippen LogP contribution is -2.43. The molecule has 4 heterocycles. The highest BCUT2D eigenvalue weighted by Gasteiger charge is 2.60.